The first-order valence-electron chi connectivity index (χ1n) is 9.10. The average Bonchev–Trinajstić information content (AvgIpc) is 2.97. The van der Waals surface area contributed by atoms with Crippen molar-refractivity contribution in [3.05, 3.63) is 59.2 Å². The molecule has 1 heterocycles. The topological polar surface area (TPSA) is 89.8 Å². The number of fused-ring (bicyclic) bond motifs is 1. The minimum Gasteiger partial charge on any atom is -0.507 e. The third-order valence-corrected chi connectivity index (χ3v) is 5.14. The summed E-state index contributed by atoms with van der Waals surface area (Å²) >= 11 is 0. The Balaban J connectivity index is 1.91. The van der Waals surface area contributed by atoms with E-state index in [0.29, 0.717) is 12.1 Å². The zero-order chi connectivity index (χ0) is 18.7. The van der Waals surface area contributed by atoms with E-state index in [-0.39, 0.29) is 23.3 Å². The van der Waals surface area contributed by atoms with E-state index in [0.717, 1.165) is 24.8 Å². The van der Waals surface area contributed by atoms with Crippen LogP contribution in [0.25, 0.3) is 0 Å². The van der Waals surface area contributed by atoms with Gasteiger partial charge in [0.25, 0.3) is 0 Å². The van der Waals surface area contributed by atoms with Crippen LogP contribution in [0, 0.1) is 0 Å². The van der Waals surface area contributed by atoms with Gasteiger partial charge in [0.15, 0.2) is 0 Å². The van der Waals surface area contributed by atoms with E-state index in [4.69, 9.17) is 0 Å². The van der Waals surface area contributed by atoms with E-state index in [1.54, 1.807) is 6.07 Å². The number of carbonyl (C=O) groups is 1. The molecular formula is C21H25NO4. The Labute approximate surface area is 153 Å². The standard InChI is InChI=1S/C21H25NO4/c1-2-6-18(23)20-14(10-9-13-7-4-3-5-8-13)15-11-16(21(25)26)19(24)12-17(15)22-20/h3-5,7-8,11-12,14,18,20,22-24H,2,6,9-10H2,1H3,(H,25,26). The quantitative estimate of drug-likeness (QED) is 0.607. The Morgan fingerprint density at radius 2 is 1.96 bits per heavy atom. The van der Waals surface area contributed by atoms with Crippen molar-refractivity contribution >= 4 is 11.7 Å². The van der Waals surface area contributed by atoms with E-state index >= 15 is 0 Å². The van der Waals surface area contributed by atoms with Gasteiger partial charge in [-0.3, -0.25) is 0 Å². The van der Waals surface area contributed by atoms with Crippen molar-refractivity contribution in [2.45, 2.75) is 50.7 Å². The Bertz CT molecular complexity index is 775. The van der Waals surface area contributed by atoms with Gasteiger partial charge in [0.2, 0.25) is 0 Å². The number of aromatic carboxylic acids is 1. The zero-order valence-corrected chi connectivity index (χ0v) is 14.9. The minimum absolute atomic E-state index is 0.00884. The molecule has 138 valence electrons. The van der Waals surface area contributed by atoms with Crippen molar-refractivity contribution in [3.63, 3.8) is 0 Å². The number of nitrogens with one attached hydrogen (secondary N) is 1. The number of hydrogen-bond donors (Lipinski definition) is 4. The van der Waals surface area contributed by atoms with E-state index in [2.05, 4.69) is 17.4 Å². The summed E-state index contributed by atoms with van der Waals surface area (Å²) in [4.78, 5) is 11.4. The van der Waals surface area contributed by atoms with E-state index in [9.17, 15) is 20.1 Å². The molecule has 0 aromatic heterocycles. The third kappa shape index (κ3) is 3.68. The van der Waals surface area contributed by atoms with Crippen LogP contribution in [0.5, 0.6) is 5.75 Å². The monoisotopic (exact) mass is 355 g/mol. The van der Waals surface area contributed by atoms with Crippen LogP contribution in [0.2, 0.25) is 0 Å². The highest BCUT2D eigenvalue weighted by atomic mass is 16.4. The Morgan fingerprint density at radius 1 is 1.23 bits per heavy atom. The molecule has 0 bridgehead atoms. The summed E-state index contributed by atoms with van der Waals surface area (Å²) in [7, 11) is 0. The maximum absolute atomic E-state index is 11.4. The number of hydrogen-bond acceptors (Lipinski definition) is 4. The van der Waals surface area contributed by atoms with Crippen molar-refractivity contribution in [3.8, 4) is 5.75 Å². The lowest BCUT2D eigenvalue weighted by molar-refractivity contribution is 0.0693. The summed E-state index contributed by atoms with van der Waals surface area (Å²) in [5.74, 6) is -1.41. The fraction of sp³-hybridized carbons (Fsp3) is 0.381. The van der Waals surface area contributed by atoms with Crippen LogP contribution in [0.1, 0.15) is 53.6 Å². The second-order valence-electron chi connectivity index (χ2n) is 6.92. The van der Waals surface area contributed by atoms with Gasteiger partial charge >= 0.3 is 5.97 Å². The second-order valence-corrected chi connectivity index (χ2v) is 6.92. The molecule has 0 spiro atoms. The number of carboxylic acid groups (broad SMARTS) is 1. The van der Waals surface area contributed by atoms with Crippen LogP contribution in [0.15, 0.2) is 42.5 Å². The lowest BCUT2D eigenvalue weighted by atomic mass is 9.85. The fourth-order valence-corrected chi connectivity index (χ4v) is 3.82. The molecule has 2 aromatic carbocycles. The first-order valence-corrected chi connectivity index (χ1v) is 9.10. The van der Waals surface area contributed by atoms with Crippen molar-refractivity contribution in [1.29, 1.82) is 0 Å². The molecule has 1 aliphatic heterocycles. The number of aliphatic hydroxyl groups is 1. The van der Waals surface area contributed by atoms with Crippen LogP contribution >= 0.6 is 0 Å². The van der Waals surface area contributed by atoms with Crippen molar-refractivity contribution in [1.82, 2.24) is 0 Å². The molecule has 1 aliphatic rings. The molecule has 0 fully saturated rings. The molecule has 0 amide bonds. The highest BCUT2D eigenvalue weighted by molar-refractivity contribution is 5.92. The maximum atomic E-state index is 11.4. The Kier molecular flexibility index (Phi) is 5.47. The second kappa shape index (κ2) is 7.79. The normalized spacial score (nSPS) is 19.6. The number of phenols is 1. The van der Waals surface area contributed by atoms with Crippen LogP contribution < -0.4 is 5.32 Å². The molecule has 3 rings (SSSR count). The largest absolute Gasteiger partial charge is 0.507 e. The predicted octanol–water partition coefficient (Wildman–Crippen LogP) is 3.76. The molecule has 0 radical (unpaired) electrons. The Morgan fingerprint density at radius 3 is 2.62 bits per heavy atom. The van der Waals surface area contributed by atoms with Gasteiger partial charge in [-0.2, -0.15) is 0 Å². The van der Waals surface area contributed by atoms with E-state index in [1.807, 2.05) is 25.1 Å². The first-order chi connectivity index (χ1) is 12.5. The molecule has 3 unspecified atom stereocenters. The average molecular weight is 355 g/mol. The SMILES string of the molecule is CCCC(O)C1Nc2cc(O)c(C(=O)O)cc2C1CCc1ccccc1. The molecule has 0 aliphatic carbocycles. The van der Waals surface area contributed by atoms with Gasteiger partial charge < -0.3 is 20.6 Å². The summed E-state index contributed by atoms with van der Waals surface area (Å²) < 4.78 is 0. The fourth-order valence-electron chi connectivity index (χ4n) is 3.82. The number of aliphatic hydroxyl groups excluding tert-OH is 1. The van der Waals surface area contributed by atoms with Gasteiger partial charge in [-0.1, -0.05) is 43.7 Å². The number of carboxylic acids is 1. The van der Waals surface area contributed by atoms with Gasteiger partial charge in [-0.25, -0.2) is 4.79 Å². The molecular weight excluding hydrogens is 330 g/mol. The van der Waals surface area contributed by atoms with Gasteiger partial charge in [0, 0.05) is 17.7 Å². The van der Waals surface area contributed by atoms with E-state index in [1.165, 1.54) is 11.6 Å². The summed E-state index contributed by atoms with van der Waals surface area (Å²) in [6.07, 6.45) is 2.64. The minimum atomic E-state index is -1.15. The van der Waals surface area contributed by atoms with Crippen LogP contribution in [0.3, 0.4) is 0 Å². The number of anilines is 1. The summed E-state index contributed by atoms with van der Waals surface area (Å²) in [6, 6.07) is 12.9. The molecule has 5 heteroatoms. The molecule has 26 heavy (non-hydrogen) atoms. The molecule has 4 N–H and O–H groups in total. The smallest absolute Gasteiger partial charge is 0.339 e. The first kappa shape index (κ1) is 18.3. The van der Waals surface area contributed by atoms with Crippen molar-refractivity contribution in [2.75, 3.05) is 5.32 Å². The lowest BCUT2D eigenvalue weighted by Crippen LogP contribution is -2.34. The van der Waals surface area contributed by atoms with Gasteiger partial charge in [-0.15, -0.1) is 0 Å². The van der Waals surface area contributed by atoms with Crippen molar-refractivity contribution < 1.29 is 20.1 Å². The van der Waals surface area contributed by atoms with Gasteiger partial charge in [0.05, 0.1) is 12.1 Å². The Hall–Kier alpha value is -2.53. The molecule has 0 saturated heterocycles. The number of aromatic hydroxyl groups is 1. The summed E-state index contributed by atoms with van der Waals surface area (Å²) in [5.41, 5.74) is 2.69. The highest BCUT2D eigenvalue weighted by Crippen LogP contribution is 2.43. The number of aryl methyl sites for hydroxylation is 1. The summed E-state index contributed by atoms with van der Waals surface area (Å²) in [5, 5.41) is 33.2. The molecule has 2 aromatic rings. The van der Waals surface area contributed by atoms with Gasteiger partial charge in [0.1, 0.15) is 11.3 Å². The molecule has 3 atom stereocenters. The van der Waals surface area contributed by atoms with Crippen LogP contribution in [-0.2, 0) is 6.42 Å². The van der Waals surface area contributed by atoms with E-state index < -0.39 is 12.1 Å². The zero-order valence-electron chi connectivity index (χ0n) is 14.9. The molecule has 5 nitrogen and oxygen atoms in total. The third-order valence-electron chi connectivity index (χ3n) is 5.14. The maximum Gasteiger partial charge on any atom is 0.339 e. The highest BCUT2D eigenvalue weighted by Gasteiger charge is 2.37. The van der Waals surface area contributed by atoms with Crippen molar-refractivity contribution in [2.24, 2.45) is 0 Å². The lowest BCUT2D eigenvalue weighted by Gasteiger charge is -2.25. The summed E-state index contributed by atoms with van der Waals surface area (Å²) in [6.45, 7) is 2.03. The molecule has 0 saturated carbocycles. The number of benzene rings is 2. The number of rotatable bonds is 7. The van der Waals surface area contributed by atoms with Gasteiger partial charge in [-0.05, 0) is 36.5 Å². The van der Waals surface area contributed by atoms with Crippen LogP contribution in [0.4, 0.5) is 5.69 Å². The predicted molar refractivity (Wildman–Crippen MR) is 101 cm³/mol. The van der Waals surface area contributed by atoms with Crippen LogP contribution in [-0.4, -0.2) is 33.4 Å².